The Labute approximate surface area is 151 Å². The Bertz CT molecular complexity index is 732. The van der Waals surface area contributed by atoms with Crippen molar-refractivity contribution >= 4 is 35.1 Å². The fourth-order valence-corrected chi connectivity index (χ4v) is 2.62. The summed E-state index contributed by atoms with van der Waals surface area (Å²) in [6.07, 6.45) is 1.70. The van der Waals surface area contributed by atoms with Crippen molar-refractivity contribution in [3.8, 4) is 0 Å². The van der Waals surface area contributed by atoms with E-state index in [0.29, 0.717) is 28.5 Å². The van der Waals surface area contributed by atoms with Gasteiger partial charge in [0.05, 0.1) is 18.3 Å². The van der Waals surface area contributed by atoms with Gasteiger partial charge in [0, 0.05) is 30.3 Å². The first-order valence-electron chi connectivity index (χ1n) is 7.37. The number of nitrogens with two attached hydrogens (primary N) is 1. The average Bonchev–Trinajstić information content (AvgIpc) is 2.53. The standard InChI is InChI=1S/C16H20Cl2N6/c1-10(13-5-4-11(17)8-14(13)18)22-15(19)21-9-12-6-7-20-16(23-12)24(2)3/h4-8,10H,9H2,1-3H3,(H3,19,21,22). The number of benzene rings is 1. The number of aliphatic imine (C=N–C) groups is 1. The first-order valence-corrected chi connectivity index (χ1v) is 8.13. The minimum atomic E-state index is -0.0961. The zero-order valence-electron chi connectivity index (χ0n) is 13.8. The molecule has 0 aliphatic heterocycles. The number of rotatable bonds is 5. The average molecular weight is 367 g/mol. The summed E-state index contributed by atoms with van der Waals surface area (Å²) in [5, 5.41) is 4.29. The van der Waals surface area contributed by atoms with Gasteiger partial charge in [0.25, 0.3) is 0 Å². The molecule has 0 fully saturated rings. The van der Waals surface area contributed by atoms with Crippen molar-refractivity contribution in [2.45, 2.75) is 19.5 Å². The lowest BCUT2D eigenvalue weighted by atomic mass is 10.1. The topological polar surface area (TPSA) is 79.4 Å². The molecular formula is C16H20Cl2N6. The van der Waals surface area contributed by atoms with Crippen molar-refractivity contribution in [3.63, 3.8) is 0 Å². The number of nitrogens with one attached hydrogen (secondary N) is 1. The molecule has 24 heavy (non-hydrogen) atoms. The maximum atomic E-state index is 6.20. The minimum Gasteiger partial charge on any atom is -0.370 e. The van der Waals surface area contributed by atoms with E-state index in [-0.39, 0.29) is 6.04 Å². The maximum absolute atomic E-state index is 6.20. The lowest BCUT2D eigenvalue weighted by molar-refractivity contribution is 0.707. The van der Waals surface area contributed by atoms with Gasteiger partial charge >= 0.3 is 0 Å². The van der Waals surface area contributed by atoms with Crippen LogP contribution in [0.5, 0.6) is 0 Å². The molecule has 0 bridgehead atoms. The van der Waals surface area contributed by atoms with Gasteiger partial charge in [0.1, 0.15) is 0 Å². The fourth-order valence-electron chi connectivity index (χ4n) is 2.05. The Morgan fingerprint density at radius 3 is 2.75 bits per heavy atom. The minimum absolute atomic E-state index is 0.0961. The van der Waals surface area contributed by atoms with Crippen molar-refractivity contribution in [3.05, 3.63) is 51.8 Å². The number of halogens is 2. The molecule has 2 aromatic rings. The molecule has 1 heterocycles. The molecule has 128 valence electrons. The van der Waals surface area contributed by atoms with Crippen LogP contribution in [0.3, 0.4) is 0 Å². The summed E-state index contributed by atoms with van der Waals surface area (Å²) in [4.78, 5) is 14.7. The second-order valence-electron chi connectivity index (χ2n) is 5.48. The lowest BCUT2D eigenvalue weighted by Crippen LogP contribution is -2.34. The van der Waals surface area contributed by atoms with E-state index in [9.17, 15) is 0 Å². The van der Waals surface area contributed by atoms with Crippen LogP contribution in [0.15, 0.2) is 35.5 Å². The van der Waals surface area contributed by atoms with E-state index in [2.05, 4.69) is 20.3 Å². The molecule has 0 spiro atoms. The van der Waals surface area contributed by atoms with Crippen LogP contribution in [-0.4, -0.2) is 30.0 Å². The zero-order valence-corrected chi connectivity index (χ0v) is 15.3. The van der Waals surface area contributed by atoms with E-state index in [1.165, 1.54) is 0 Å². The second kappa shape index (κ2) is 8.17. The predicted octanol–water partition coefficient (Wildman–Crippen LogP) is 3.01. The summed E-state index contributed by atoms with van der Waals surface area (Å²) >= 11 is 12.1. The van der Waals surface area contributed by atoms with Crippen molar-refractivity contribution in [2.75, 3.05) is 19.0 Å². The monoisotopic (exact) mass is 366 g/mol. The van der Waals surface area contributed by atoms with Crippen LogP contribution >= 0.6 is 23.2 Å². The SMILES string of the molecule is CC(NC(N)=NCc1ccnc(N(C)C)n1)c1ccc(Cl)cc1Cl. The van der Waals surface area contributed by atoms with E-state index in [0.717, 1.165) is 11.3 Å². The van der Waals surface area contributed by atoms with Crippen LogP contribution in [0.25, 0.3) is 0 Å². The highest BCUT2D eigenvalue weighted by molar-refractivity contribution is 6.35. The predicted molar refractivity (Wildman–Crippen MR) is 99.7 cm³/mol. The van der Waals surface area contributed by atoms with Crippen molar-refractivity contribution in [1.29, 1.82) is 0 Å². The quantitative estimate of drug-likeness (QED) is 0.627. The molecule has 2 rings (SSSR count). The summed E-state index contributed by atoms with van der Waals surface area (Å²) in [5.41, 5.74) is 7.64. The van der Waals surface area contributed by atoms with E-state index in [4.69, 9.17) is 28.9 Å². The molecule has 8 heteroatoms. The molecule has 6 nitrogen and oxygen atoms in total. The number of aromatic nitrogens is 2. The van der Waals surface area contributed by atoms with E-state index in [1.807, 2.05) is 38.1 Å². The van der Waals surface area contributed by atoms with Crippen LogP contribution in [0.4, 0.5) is 5.95 Å². The Morgan fingerprint density at radius 2 is 2.08 bits per heavy atom. The molecule has 0 amide bonds. The summed E-state index contributed by atoms with van der Waals surface area (Å²) in [6, 6.07) is 7.07. The smallest absolute Gasteiger partial charge is 0.225 e. The van der Waals surface area contributed by atoms with Crippen molar-refractivity contribution in [1.82, 2.24) is 15.3 Å². The van der Waals surface area contributed by atoms with E-state index in [1.54, 1.807) is 18.3 Å². The number of anilines is 1. The van der Waals surface area contributed by atoms with Crippen LogP contribution < -0.4 is 16.0 Å². The summed E-state index contributed by atoms with van der Waals surface area (Å²) < 4.78 is 0. The summed E-state index contributed by atoms with van der Waals surface area (Å²) in [7, 11) is 3.77. The molecule has 1 aromatic heterocycles. The van der Waals surface area contributed by atoms with Gasteiger partial charge in [-0.15, -0.1) is 0 Å². The number of guanidine groups is 1. The van der Waals surface area contributed by atoms with Gasteiger partial charge in [-0.1, -0.05) is 29.3 Å². The molecule has 0 saturated carbocycles. The third kappa shape index (κ3) is 4.97. The van der Waals surface area contributed by atoms with Gasteiger partial charge in [0.15, 0.2) is 5.96 Å². The molecule has 1 aromatic carbocycles. The van der Waals surface area contributed by atoms with Gasteiger partial charge < -0.3 is 16.0 Å². The van der Waals surface area contributed by atoms with Gasteiger partial charge in [0.2, 0.25) is 5.95 Å². The Kier molecular flexibility index (Phi) is 6.23. The van der Waals surface area contributed by atoms with Crippen LogP contribution in [0.1, 0.15) is 24.2 Å². The highest BCUT2D eigenvalue weighted by Crippen LogP contribution is 2.25. The molecular weight excluding hydrogens is 347 g/mol. The summed E-state index contributed by atoms with van der Waals surface area (Å²) in [6.45, 7) is 2.32. The third-order valence-corrected chi connectivity index (χ3v) is 3.87. The van der Waals surface area contributed by atoms with Gasteiger partial charge in [-0.05, 0) is 30.7 Å². The Morgan fingerprint density at radius 1 is 1.33 bits per heavy atom. The first kappa shape index (κ1) is 18.3. The Balaban J connectivity index is 2.02. The highest BCUT2D eigenvalue weighted by Gasteiger charge is 2.10. The first-order chi connectivity index (χ1) is 11.4. The zero-order chi connectivity index (χ0) is 17.7. The van der Waals surface area contributed by atoms with Crippen LogP contribution in [-0.2, 0) is 6.54 Å². The van der Waals surface area contributed by atoms with Gasteiger partial charge in [-0.2, -0.15) is 0 Å². The molecule has 0 radical (unpaired) electrons. The molecule has 1 atom stereocenters. The number of hydrogen-bond donors (Lipinski definition) is 2. The molecule has 3 N–H and O–H groups in total. The summed E-state index contributed by atoms with van der Waals surface area (Å²) in [5.74, 6) is 0.953. The van der Waals surface area contributed by atoms with Gasteiger partial charge in [-0.3, -0.25) is 0 Å². The van der Waals surface area contributed by atoms with Crippen LogP contribution in [0.2, 0.25) is 10.0 Å². The fraction of sp³-hybridized carbons (Fsp3) is 0.312. The molecule has 0 aliphatic carbocycles. The maximum Gasteiger partial charge on any atom is 0.225 e. The third-order valence-electron chi connectivity index (χ3n) is 3.31. The Hall–Kier alpha value is -2.05. The molecule has 1 unspecified atom stereocenters. The molecule has 0 saturated heterocycles. The van der Waals surface area contributed by atoms with E-state index >= 15 is 0 Å². The van der Waals surface area contributed by atoms with E-state index < -0.39 is 0 Å². The number of nitrogens with zero attached hydrogens (tertiary/aromatic N) is 4. The van der Waals surface area contributed by atoms with Gasteiger partial charge in [-0.25, -0.2) is 15.0 Å². The molecule has 0 aliphatic rings. The second-order valence-corrected chi connectivity index (χ2v) is 6.32. The highest BCUT2D eigenvalue weighted by atomic mass is 35.5. The van der Waals surface area contributed by atoms with Crippen molar-refractivity contribution < 1.29 is 0 Å². The number of hydrogen-bond acceptors (Lipinski definition) is 4. The van der Waals surface area contributed by atoms with Crippen molar-refractivity contribution in [2.24, 2.45) is 10.7 Å². The lowest BCUT2D eigenvalue weighted by Gasteiger charge is -2.16. The van der Waals surface area contributed by atoms with Crippen LogP contribution in [0, 0.1) is 0 Å². The normalized spacial score (nSPS) is 12.8. The largest absolute Gasteiger partial charge is 0.370 e.